The zero-order valence-electron chi connectivity index (χ0n) is 21.3. The van der Waals surface area contributed by atoms with Gasteiger partial charge in [-0.25, -0.2) is 23.7 Å². The molecule has 3 aromatic heterocycles. The fourth-order valence-corrected chi connectivity index (χ4v) is 5.83. The third-order valence-corrected chi connectivity index (χ3v) is 7.89. The van der Waals surface area contributed by atoms with Crippen LogP contribution in [0.25, 0.3) is 22.2 Å². The molecule has 0 bridgehead atoms. The van der Waals surface area contributed by atoms with E-state index in [-0.39, 0.29) is 18.2 Å². The standard InChI is InChI=1S/C28H31F2N7O/c1-2-24-28(34-18-4-7-20(38)11-18)36-25-22(13-32-27(31)26(25)35-24)16-12-33-37(14-16)19-5-3-15-9-17(29)10-23(30)21(15)8-6-19/h9-10,12-14,18-20,38H,2-8,11H2,1H3,(H2,31,32)(H,34,36)/t18-,19?,20+/m1/s1. The molecule has 0 spiro atoms. The van der Waals surface area contributed by atoms with E-state index in [0.717, 1.165) is 47.7 Å². The maximum atomic E-state index is 14.4. The highest BCUT2D eigenvalue weighted by Crippen LogP contribution is 2.34. The van der Waals surface area contributed by atoms with Gasteiger partial charge in [0.2, 0.25) is 0 Å². The Morgan fingerprint density at radius 3 is 2.71 bits per heavy atom. The zero-order valence-corrected chi connectivity index (χ0v) is 21.3. The van der Waals surface area contributed by atoms with Gasteiger partial charge in [0, 0.05) is 35.6 Å². The number of nitrogens with zero attached hydrogens (tertiary/aromatic N) is 5. The molecule has 2 aliphatic rings. The molecule has 3 atom stereocenters. The van der Waals surface area contributed by atoms with Gasteiger partial charge < -0.3 is 16.2 Å². The summed E-state index contributed by atoms with van der Waals surface area (Å²) in [5.74, 6) is 0.0167. The minimum atomic E-state index is -0.533. The predicted molar refractivity (Wildman–Crippen MR) is 142 cm³/mol. The summed E-state index contributed by atoms with van der Waals surface area (Å²) in [6.07, 6.45) is 10.7. The highest BCUT2D eigenvalue weighted by atomic mass is 19.1. The van der Waals surface area contributed by atoms with Crippen LogP contribution >= 0.6 is 0 Å². The lowest BCUT2D eigenvalue weighted by Crippen LogP contribution is -2.19. The monoisotopic (exact) mass is 519 g/mol. The van der Waals surface area contributed by atoms with Crippen LogP contribution in [-0.2, 0) is 19.3 Å². The first-order valence-corrected chi connectivity index (χ1v) is 13.3. The Morgan fingerprint density at radius 1 is 1.08 bits per heavy atom. The molecule has 8 nitrogen and oxygen atoms in total. The number of anilines is 2. The molecule has 1 aromatic carbocycles. The number of hydrogen-bond acceptors (Lipinski definition) is 7. The molecule has 4 N–H and O–H groups in total. The second-order valence-electron chi connectivity index (χ2n) is 10.4. The van der Waals surface area contributed by atoms with Crippen LogP contribution < -0.4 is 11.1 Å². The van der Waals surface area contributed by atoms with E-state index in [0.29, 0.717) is 60.3 Å². The minimum absolute atomic E-state index is 0.0513. The Bertz CT molecular complexity index is 1500. The van der Waals surface area contributed by atoms with Crippen LogP contribution in [0.1, 0.15) is 61.9 Å². The van der Waals surface area contributed by atoms with E-state index in [4.69, 9.17) is 15.7 Å². The Balaban J connectivity index is 1.32. The van der Waals surface area contributed by atoms with Gasteiger partial charge >= 0.3 is 0 Å². The van der Waals surface area contributed by atoms with Crippen LogP contribution in [0.5, 0.6) is 0 Å². The maximum absolute atomic E-state index is 14.4. The van der Waals surface area contributed by atoms with E-state index in [1.54, 1.807) is 12.4 Å². The number of hydrogen-bond donors (Lipinski definition) is 3. The average molecular weight is 520 g/mol. The first-order chi connectivity index (χ1) is 18.4. The van der Waals surface area contributed by atoms with Gasteiger partial charge in [-0.05, 0) is 68.6 Å². The third-order valence-electron chi connectivity index (χ3n) is 7.89. The Hall–Kier alpha value is -3.66. The summed E-state index contributed by atoms with van der Waals surface area (Å²) < 4.78 is 30.0. The number of aliphatic hydroxyl groups excluding tert-OH is 1. The normalized spacial score (nSPS) is 21.4. The zero-order chi connectivity index (χ0) is 26.4. The fourth-order valence-electron chi connectivity index (χ4n) is 5.83. The second-order valence-corrected chi connectivity index (χ2v) is 10.4. The smallest absolute Gasteiger partial charge is 0.151 e. The van der Waals surface area contributed by atoms with E-state index < -0.39 is 11.6 Å². The minimum Gasteiger partial charge on any atom is -0.393 e. The number of rotatable bonds is 5. The van der Waals surface area contributed by atoms with Gasteiger partial charge in [0.05, 0.1) is 24.0 Å². The molecule has 10 heteroatoms. The van der Waals surface area contributed by atoms with E-state index in [9.17, 15) is 13.9 Å². The fraction of sp³-hybridized carbons (Fsp3) is 0.429. The van der Waals surface area contributed by atoms with Crippen molar-refractivity contribution in [3.8, 4) is 11.1 Å². The lowest BCUT2D eigenvalue weighted by atomic mass is 10.0. The summed E-state index contributed by atoms with van der Waals surface area (Å²) in [6.45, 7) is 2.02. The molecule has 1 saturated carbocycles. The Kier molecular flexibility index (Phi) is 6.43. The molecule has 38 heavy (non-hydrogen) atoms. The first kappa shape index (κ1) is 24.7. The lowest BCUT2D eigenvalue weighted by Gasteiger charge is -2.17. The van der Waals surface area contributed by atoms with E-state index >= 15 is 0 Å². The van der Waals surface area contributed by atoms with Gasteiger partial charge in [0.15, 0.2) is 5.82 Å². The van der Waals surface area contributed by atoms with Crippen molar-refractivity contribution in [2.75, 3.05) is 11.1 Å². The van der Waals surface area contributed by atoms with Crippen LogP contribution in [0.4, 0.5) is 20.4 Å². The van der Waals surface area contributed by atoms with Crippen molar-refractivity contribution < 1.29 is 13.9 Å². The number of benzene rings is 1. The number of aliphatic hydroxyl groups is 1. The topological polar surface area (TPSA) is 115 Å². The highest BCUT2D eigenvalue weighted by molar-refractivity contribution is 5.96. The summed E-state index contributed by atoms with van der Waals surface area (Å²) >= 11 is 0. The Morgan fingerprint density at radius 2 is 1.92 bits per heavy atom. The number of fused-ring (bicyclic) bond motifs is 2. The molecule has 0 saturated heterocycles. The number of nitrogens with one attached hydrogen (secondary N) is 1. The summed E-state index contributed by atoms with van der Waals surface area (Å²) in [6, 6.07) is 2.61. The van der Waals surface area contributed by atoms with E-state index in [2.05, 4.69) is 15.4 Å². The van der Waals surface area contributed by atoms with Gasteiger partial charge in [0.1, 0.15) is 28.5 Å². The molecular formula is C28H31F2N7O. The predicted octanol–water partition coefficient (Wildman–Crippen LogP) is 4.76. The molecule has 2 aliphatic carbocycles. The second kappa shape index (κ2) is 9.90. The van der Waals surface area contributed by atoms with E-state index in [1.807, 2.05) is 17.8 Å². The first-order valence-electron chi connectivity index (χ1n) is 13.3. The highest BCUT2D eigenvalue weighted by Gasteiger charge is 2.25. The largest absolute Gasteiger partial charge is 0.393 e. The summed E-state index contributed by atoms with van der Waals surface area (Å²) in [5.41, 5.74) is 11.2. The van der Waals surface area contributed by atoms with Gasteiger partial charge in [-0.1, -0.05) is 6.92 Å². The summed E-state index contributed by atoms with van der Waals surface area (Å²) in [4.78, 5) is 14.2. The van der Waals surface area contributed by atoms with Crippen molar-refractivity contribution in [3.05, 3.63) is 59.2 Å². The van der Waals surface area contributed by atoms with Crippen LogP contribution in [0.2, 0.25) is 0 Å². The van der Waals surface area contributed by atoms with Crippen molar-refractivity contribution in [1.82, 2.24) is 24.7 Å². The Labute approximate surface area is 219 Å². The van der Waals surface area contributed by atoms with Gasteiger partial charge in [-0.3, -0.25) is 4.68 Å². The number of aromatic nitrogens is 5. The quantitative estimate of drug-likeness (QED) is 0.326. The van der Waals surface area contributed by atoms with E-state index in [1.165, 1.54) is 6.07 Å². The van der Waals surface area contributed by atoms with Crippen LogP contribution in [0.3, 0.4) is 0 Å². The molecule has 1 unspecified atom stereocenters. The van der Waals surface area contributed by atoms with Crippen molar-refractivity contribution in [2.24, 2.45) is 0 Å². The van der Waals surface area contributed by atoms with Gasteiger partial charge in [0.25, 0.3) is 0 Å². The molecule has 198 valence electrons. The number of halogens is 2. The number of pyridine rings is 1. The molecule has 6 rings (SSSR count). The third kappa shape index (κ3) is 4.57. The van der Waals surface area contributed by atoms with Crippen molar-refractivity contribution in [2.45, 2.75) is 76.5 Å². The summed E-state index contributed by atoms with van der Waals surface area (Å²) in [7, 11) is 0. The van der Waals surface area contributed by atoms with Crippen molar-refractivity contribution in [3.63, 3.8) is 0 Å². The number of nitrogen functional groups attached to an aromatic ring is 1. The van der Waals surface area contributed by atoms with Crippen LogP contribution in [0.15, 0.2) is 30.7 Å². The van der Waals surface area contributed by atoms with Crippen LogP contribution in [0, 0.1) is 11.6 Å². The van der Waals surface area contributed by atoms with Gasteiger partial charge in [-0.15, -0.1) is 0 Å². The molecule has 0 radical (unpaired) electrons. The molecule has 1 fully saturated rings. The van der Waals surface area contributed by atoms with Crippen molar-refractivity contribution in [1.29, 1.82) is 0 Å². The molecular weight excluding hydrogens is 488 g/mol. The van der Waals surface area contributed by atoms with Crippen LogP contribution in [-0.4, -0.2) is 42.0 Å². The summed E-state index contributed by atoms with van der Waals surface area (Å²) in [5, 5.41) is 18.1. The lowest BCUT2D eigenvalue weighted by molar-refractivity contribution is 0.182. The van der Waals surface area contributed by atoms with Crippen molar-refractivity contribution >= 4 is 22.7 Å². The maximum Gasteiger partial charge on any atom is 0.151 e. The molecule has 3 heterocycles. The average Bonchev–Trinajstić information content (AvgIpc) is 3.48. The molecule has 0 amide bonds. The molecule has 0 aliphatic heterocycles. The molecule has 4 aromatic rings. The number of nitrogens with two attached hydrogens (primary N) is 1. The van der Waals surface area contributed by atoms with Gasteiger partial charge in [-0.2, -0.15) is 5.10 Å². The number of aryl methyl sites for hydroxylation is 2. The SMILES string of the molecule is CCc1nc2c(N)ncc(-c3cnn(C4CCc5cc(F)cc(F)c5CC4)c3)c2nc1N[C@@H]1CC[C@H](O)C1.